The lowest BCUT2D eigenvalue weighted by molar-refractivity contribution is -0.118. The SMILES string of the molecule is CC(C)C(=O)Nc1ccc(C(=O)COC(=O)c2ccccc2O)cc1. The number of para-hydroxylation sites is 1. The van der Waals surface area contributed by atoms with Gasteiger partial charge in [0, 0.05) is 17.2 Å². The molecule has 0 unspecified atom stereocenters. The number of hydrogen-bond donors (Lipinski definition) is 2. The third kappa shape index (κ3) is 4.91. The smallest absolute Gasteiger partial charge is 0.342 e. The molecule has 0 heterocycles. The van der Waals surface area contributed by atoms with E-state index in [0.717, 1.165) is 0 Å². The predicted molar refractivity (Wildman–Crippen MR) is 92.6 cm³/mol. The van der Waals surface area contributed by atoms with Gasteiger partial charge in [-0.3, -0.25) is 9.59 Å². The minimum Gasteiger partial charge on any atom is -0.507 e. The van der Waals surface area contributed by atoms with Crippen molar-refractivity contribution in [3.05, 3.63) is 59.7 Å². The van der Waals surface area contributed by atoms with Crippen LogP contribution in [0.25, 0.3) is 0 Å². The summed E-state index contributed by atoms with van der Waals surface area (Å²) in [6, 6.07) is 12.3. The van der Waals surface area contributed by atoms with Crippen LogP contribution in [0.15, 0.2) is 48.5 Å². The van der Waals surface area contributed by atoms with E-state index < -0.39 is 12.6 Å². The first kappa shape index (κ1) is 18.2. The summed E-state index contributed by atoms with van der Waals surface area (Å²) in [5, 5.41) is 12.3. The van der Waals surface area contributed by atoms with Crippen molar-refractivity contribution in [2.45, 2.75) is 13.8 Å². The Kier molecular flexibility index (Phi) is 5.89. The minimum absolute atomic E-state index is 0.00189. The maximum absolute atomic E-state index is 12.1. The van der Waals surface area contributed by atoms with E-state index in [1.54, 1.807) is 50.2 Å². The van der Waals surface area contributed by atoms with Gasteiger partial charge >= 0.3 is 5.97 Å². The fourth-order valence-electron chi connectivity index (χ4n) is 1.96. The van der Waals surface area contributed by atoms with Crippen molar-refractivity contribution in [3.8, 4) is 5.75 Å². The summed E-state index contributed by atoms with van der Waals surface area (Å²) >= 11 is 0. The van der Waals surface area contributed by atoms with Gasteiger partial charge in [-0.2, -0.15) is 0 Å². The lowest BCUT2D eigenvalue weighted by Crippen LogP contribution is -2.18. The summed E-state index contributed by atoms with van der Waals surface area (Å²) in [7, 11) is 0. The highest BCUT2D eigenvalue weighted by molar-refractivity contribution is 6.00. The molecule has 0 aliphatic carbocycles. The molecule has 2 N–H and O–H groups in total. The number of hydrogen-bond acceptors (Lipinski definition) is 5. The lowest BCUT2D eigenvalue weighted by atomic mass is 10.1. The number of ether oxygens (including phenoxy) is 1. The zero-order valence-corrected chi connectivity index (χ0v) is 14.0. The number of rotatable bonds is 6. The van der Waals surface area contributed by atoms with Gasteiger partial charge in [0.1, 0.15) is 11.3 Å². The van der Waals surface area contributed by atoms with Crippen LogP contribution in [0.1, 0.15) is 34.6 Å². The molecule has 2 aromatic rings. The molecule has 0 bridgehead atoms. The van der Waals surface area contributed by atoms with E-state index in [-0.39, 0.29) is 28.9 Å². The summed E-state index contributed by atoms with van der Waals surface area (Å²) in [6.45, 7) is 3.13. The van der Waals surface area contributed by atoms with Crippen LogP contribution in [0, 0.1) is 5.92 Å². The van der Waals surface area contributed by atoms with E-state index in [2.05, 4.69) is 5.32 Å². The molecule has 1 amide bonds. The first-order valence-corrected chi connectivity index (χ1v) is 7.77. The number of nitrogens with one attached hydrogen (secondary N) is 1. The van der Waals surface area contributed by atoms with Crippen LogP contribution in [0.2, 0.25) is 0 Å². The Morgan fingerprint density at radius 2 is 1.68 bits per heavy atom. The molecule has 25 heavy (non-hydrogen) atoms. The quantitative estimate of drug-likeness (QED) is 0.622. The van der Waals surface area contributed by atoms with E-state index in [1.807, 2.05) is 0 Å². The van der Waals surface area contributed by atoms with Gasteiger partial charge < -0.3 is 15.2 Å². The van der Waals surface area contributed by atoms with Gasteiger partial charge in [0.15, 0.2) is 12.4 Å². The molecule has 0 aliphatic rings. The van der Waals surface area contributed by atoms with Gasteiger partial charge in [-0.1, -0.05) is 26.0 Å². The standard InChI is InChI=1S/C19H19NO5/c1-12(2)18(23)20-14-9-7-13(8-10-14)17(22)11-25-19(24)15-5-3-4-6-16(15)21/h3-10,12,21H,11H2,1-2H3,(H,20,23). The molecule has 0 aromatic heterocycles. The zero-order chi connectivity index (χ0) is 18.4. The number of carbonyl (C=O) groups excluding carboxylic acids is 3. The number of carbonyl (C=O) groups is 3. The van der Waals surface area contributed by atoms with Crippen LogP contribution in [-0.4, -0.2) is 29.4 Å². The molecule has 0 fully saturated rings. The topological polar surface area (TPSA) is 92.7 Å². The number of amides is 1. The largest absolute Gasteiger partial charge is 0.507 e. The van der Waals surface area contributed by atoms with Crippen molar-refractivity contribution in [2.24, 2.45) is 5.92 Å². The fourth-order valence-corrected chi connectivity index (χ4v) is 1.96. The third-order valence-electron chi connectivity index (χ3n) is 3.46. The Balaban J connectivity index is 1.94. The highest BCUT2D eigenvalue weighted by atomic mass is 16.5. The van der Waals surface area contributed by atoms with Gasteiger partial charge in [-0.25, -0.2) is 4.79 Å². The maximum Gasteiger partial charge on any atom is 0.342 e. The summed E-state index contributed by atoms with van der Waals surface area (Å²) in [6.07, 6.45) is 0. The number of benzene rings is 2. The number of phenolic OH excluding ortho intramolecular Hbond substituents is 1. The van der Waals surface area contributed by atoms with Crippen LogP contribution in [0.4, 0.5) is 5.69 Å². The Morgan fingerprint density at radius 1 is 1.04 bits per heavy atom. The van der Waals surface area contributed by atoms with Crippen molar-refractivity contribution in [1.82, 2.24) is 0 Å². The first-order valence-electron chi connectivity index (χ1n) is 7.77. The molecular weight excluding hydrogens is 322 g/mol. The van der Waals surface area contributed by atoms with E-state index in [0.29, 0.717) is 11.3 Å². The first-order chi connectivity index (χ1) is 11.9. The Morgan fingerprint density at radius 3 is 2.28 bits per heavy atom. The van der Waals surface area contributed by atoms with Crippen molar-refractivity contribution in [1.29, 1.82) is 0 Å². The average Bonchev–Trinajstić information content (AvgIpc) is 2.60. The summed E-state index contributed by atoms with van der Waals surface area (Å²) < 4.78 is 4.93. The Bertz CT molecular complexity index is 781. The molecule has 0 radical (unpaired) electrons. The fraction of sp³-hybridized carbons (Fsp3) is 0.211. The van der Waals surface area contributed by atoms with Crippen LogP contribution in [0.5, 0.6) is 5.75 Å². The van der Waals surface area contributed by atoms with E-state index in [1.165, 1.54) is 12.1 Å². The van der Waals surface area contributed by atoms with Crippen LogP contribution in [0.3, 0.4) is 0 Å². The number of aromatic hydroxyl groups is 1. The highest BCUT2D eigenvalue weighted by Gasteiger charge is 2.15. The second kappa shape index (κ2) is 8.10. The van der Waals surface area contributed by atoms with Crippen molar-refractivity contribution in [2.75, 3.05) is 11.9 Å². The number of Topliss-reactive ketones (excluding diaryl/α,β-unsaturated/α-hetero) is 1. The van der Waals surface area contributed by atoms with Gasteiger partial charge in [0.05, 0.1) is 0 Å². The Hall–Kier alpha value is -3.15. The van der Waals surface area contributed by atoms with Crippen molar-refractivity contribution >= 4 is 23.3 Å². The molecule has 2 rings (SSSR count). The normalized spacial score (nSPS) is 10.4. The van der Waals surface area contributed by atoms with E-state index in [9.17, 15) is 19.5 Å². The molecule has 0 aliphatic heterocycles. The van der Waals surface area contributed by atoms with E-state index >= 15 is 0 Å². The minimum atomic E-state index is -0.771. The van der Waals surface area contributed by atoms with Crippen LogP contribution in [-0.2, 0) is 9.53 Å². The lowest BCUT2D eigenvalue weighted by Gasteiger charge is -2.09. The highest BCUT2D eigenvalue weighted by Crippen LogP contribution is 2.17. The second-order valence-electron chi connectivity index (χ2n) is 5.74. The second-order valence-corrected chi connectivity index (χ2v) is 5.74. The monoisotopic (exact) mass is 341 g/mol. The van der Waals surface area contributed by atoms with Crippen molar-refractivity contribution in [3.63, 3.8) is 0 Å². The van der Waals surface area contributed by atoms with Gasteiger partial charge in [-0.15, -0.1) is 0 Å². The van der Waals surface area contributed by atoms with Gasteiger partial charge in [0.2, 0.25) is 5.91 Å². The zero-order valence-electron chi connectivity index (χ0n) is 14.0. The van der Waals surface area contributed by atoms with Gasteiger partial charge in [-0.05, 0) is 36.4 Å². The molecule has 6 heteroatoms. The molecule has 0 spiro atoms. The third-order valence-corrected chi connectivity index (χ3v) is 3.46. The number of esters is 1. The molecular formula is C19H19NO5. The van der Waals surface area contributed by atoms with Crippen LogP contribution < -0.4 is 5.32 Å². The summed E-state index contributed by atoms with van der Waals surface area (Å²) in [5.74, 6) is -1.62. The molecule has 0 saturated heterocycles. The summed E-state index contributed by atoms with van der Waals surface area (Å²) in [4.78, 5) is 35.6. The maximum atomic E-state index is 12.1. The van der Waals surface area contributed by atoms with Gasteiger partial charge in [0.25, 0.3) is 0 Å². The van der Waals surface area contributed by atoms with Crippen molar-refractivity contribution < 1.29 is 24.2 Å². The molecule has 0 saturated carbocycles. The summed E-state index contributed by atoms with van der Waals surface area (Å²) in [5.41, 5.74) is 0.941. The van der Waals surface area contributed by atoms with E-state index in [4.69, 9.17) is 4.74 Å². The molecule has 2 aromatic carbocycles. The number of ketones is 1. The number of anilines is 1. The molecule has 0 atom stereocenters. The van der Waals surface area contributed by atoms with Crippen LogP contribution >= 0.6 is 0 Å². The predicted octanol–water partition coefficient (Wildman–Crippen LogP) is 3.03. The number of phenols is 1. The molecule has 6 nitrogen and oxygen atoms in total. The Labute approximate surface area is 145 Å². The average molecular weight is 341 g/mol. The molecule has 130 valence electrons.